The Hall–Kier alpha value is -0.860. The monoisotopic (exact) mass is 274 g/mol. The zero-order chi connectivity index (χ0) is 14.7. The molecule has 1 aliphatic rings. The Labute approximate surface area is 124 Å². The summed E-state index contributed by atoms with van der Waals surface area (Å²) >= 11 is 0. The van der Waals surface area contributed by atoms with Gasteiger partial charge in [0.15, 0.2) is 0 Å². The fourth-order valence-corrected chi connectivity index (χ4v) is 3.16. The molecule has 1 aromatic rings. The van der Waals surface area contributed by atoms with Gasteiger partial charge in [0, 0.05) is 12.1 Å². The second-order valence-corrected chi connectivity index (χ2v) is 6.61. The number of benzene rings is 1. The quantitative estimate of drug-likeness (QED) is 0.816. The number of nitrogens with one attached hydrogen (secondary N) is 1. The molecule has 2 unspecified atom stereocenters. The van der Waals surface area contributed by atoms with Gasteiger partial charge in [-0.25, -0.2) is 0 Å². The first-order chi connectivity index (χ1) is 9.51. The van der Waals surface area contributed by atoms with Crippen molar-refractivity contribution in [1.82, 2.24) is 10.2 Å². The van der Waals surface area contributed by atoms with Crippen molar-refractivity contribution in [3.05, 3.63) is 34.9 Å². The van der Waals surface area contributed by atoms with E-state index in [4.69, 9.17) is 0 Å². The van der Waals surface area contributed by atoms with E-state index in [1.807, 2.05) is 0 Å². The van der Waals surface area contributed by atoms with Crippen LogP contribution in [0.3, 0.4) is 0 Å². The Morgan fingerprint density at radius 3 is 2.30 bits per heavy atom. The number of rotatable bonds is 7. The van der Waals surface area contributed by atoms with Crippen LogP contribution < -0.4 is 5.32 Å². The molecule has 1 fully saturated rings. The van der Waals surface area contributed by atoms with Crippen LogP contribution in [0.15, 0.2) is 18.2 Å². The van der Waals surface area contributed by atoms with Crippen LogP contribution in [0, 0.1) is 19.8 Å². The van der Waals surface area contributed by atoms with Gasteiger partial charge in [-0.3, -0.25) is 0 Å². The summed E-state index contributed by atoms with van der Waals surface area (Å²) < 4.78 is 0. The van der Waals surface area contributed by atoms with Crippen molar-refractivity contribution in [1.29, 1.82) is 0 Å². The van der Waals surface area contributed by atoms with Gasteiger partial charge in [-0.05, 0) is 72.2 Å². The fraction of sp³-hybridized carbons (Fsp3) is 0.667. The Bertz CT molecular complexity index is 417. The maximum absolute atomic E-state index is 3.49. The smallest absolute Gasteiger partial charge is 0.0329 e. The first-order valence-electron chi connectivity index (χ1n) is 7.97. The minimum absolute atomic E-state index is 0.461. The minimum atomic E-state index is 0.461. The normalized spacial score (nSPS) is 18.3. The molecule has 2 atom stereocenters. The zero-order valence-electron chi connectivity index (χ0n) is 13.7. The molecule has 2 nitrogen and oxygen atoms in total. The molecular formula is C18H30N2. The van der Waals surface area contributed by atoms with Gasteiger partial charge < -0.3 is 10.2 Å². The lowest BCUT2D eigenvalue weighted by Crippen LogP contribution is -2.33. The van der Waals surface area contributed by atoms with E-state index < -0.39 is 0 Å². The standard InChI is InChI=1S/C18H30N2/c1-13-10-14(2)12-17(11-13)18(19-4)8-9-20(5)15(3)16-6-7-16/h10-12,15-16,18-19H,6-9H2,1-5H3. The number of hydrogen-bond donors (Lipinski definition) is 1. The number of nitrogens with zero attached hydrogens (tertiary/aromatic N) is 1. The van der Waals surface area contributed by atoms with Gasteiger partial charge >= 0.3 is 0 Å². The molecule has 0 bridgehead atoms. The maximum atomic E-state index is 3.49. The van der Waals surface area contributed by atoms with Crippen molar-refractivity contribution in [3.63, 3.8) is 0 Å². The Morgan fingerprint density at radius 2 is 1.80 bits per heavy atom. The number of hydrogen-bond acceptors (Lipinski definition) is 2. The SMILES string of the molecule is CNC(CCN(C)C(C)C1CC1)c1cc(C)cc(C)c1. The van der Waals surface area contributed by atoms with Crippen molar-refractivity contribution < 1.29 is 0 Å². The second kappa shape index (κ2) is 6.73. The summed E-state index contributed by atoms with van der Waals surface area (Å²) in [6, 6.07) is 8.09. The van der Waals surface area contributed by atoms with Crippen LogP contribution in [0.2, 0.25) is 0 Å². The Morgan fingerprint density at radius 1 is 1.20 bits per heavy atom. The lowest BCUT2D eigenvalue weighted by molar-refractivity contribution is 0.223. The van der Waals surface area contributed by atoms with Gasteiger partial charge in [0.05, 0.1) is 0 Å². The van der Waals surface area contributed by atoms with Crippen molar-refractivity contribution in [3.8, 4) is 0 Å². The zero-order valence-corrected chi connectivity index (χ0v) is 13.7. The van der Waals surface area contributed by atoms with Gasteiger partial charge in [-0.2, -0.15) is 0 Å². The summed E-state index contributed by atoms with van der Waals surface area (Å²) in [5, 5.41) is 3.49. The third-order valence-corrected chi connectivity index (χ3v) is 4.76. The van der Waals surface area contributed by atoms with Crippen LogP contribution in [-0.4, -0.2) is 31.6 Å². The first kappa shape index (κ1) is 15.5. The fourth-order valence-electron chi connectivity index (χ4n) is 3.16. The van der Waals surface area contributed by atoms with Gasteiger partial charge in [-0.15, -0.1) is 0 Å². The molecule has 112 valence electrons. The summed E-state index contributed by atoms with van der Waals surface area (Å²) in [5.74, 6) is 0.953. The second-order valence-electron chi connectivity index (χ2n) is 6.61. The largest absolute Gasteiger partial charge is 0.313 e. The molecular weight excluding hydrogens is 244 g/mol. The van der Waals surface area contributed by atoms with Crippen LogP contribution in [0.1, 0.15) is 48.9 Å². The average molecular weight is 274 g/mol. The molecule has 2 heteroatoms. The van der Waals surface area contributed by atoms with E-state index >= 15 is 0 Å². The van der Waals surface area contributed by atoms with E-state index in [2.05, 4.69) is 63.3 Å². The van der Waals surface area contributed by atoms with E-state index in [0.717, 1.165) is 18.5 Å². The lowest BCUT2D eigenvalue weighted by atomic mass is 9.99. The summed E-state index contributed by atoms with van der Waals surface area (Å²) in [5.41, 5.74) is 4.15. The highest BCUT2D eigenvalue weighted by molar-refractivity contribution is 5.30. The maximum Gasteiger partial charge on any atom is 0.0329 e. The van der Waals surface area contributed by atoms with Crippen LogP contribution >= 0.6 is 0 Å². The molecule has 1 aromatic carbocycles. The molecule has 0 amide bonds. The lowest BCUT2D eigenvalue weighted by Gasteiger charge is -2.27. The molecule has 0 spiro atoms. The van der Waals surface area contributed by atoms with Gasteiger partial charge in [-0.1, -0.05) is 29.3 Å². The molecule has 0 heterocycles. The summed E-state index contributed by atoms with van der Waals surface area (Å²) in [4.78, 5) is 2.53. The van der Waals surface area contributed by atoms with Crippen molar-refractivity contribution in [2.45, 2.75) is 52.1 Å². The summed E-state index contributed by atoms with van der Waals surface area (Å²) in [6.07, 6.45) is 4.03. The summed E-state index contributed by atoms with van der Waals surface area (Å²) in [7, 11) is 4.35. The molecule has 0 aliphatic heterocycles. The van der Waals surface area contributed by atoms with Gasteiger partial charge in [0.25, 0.3) is 0 Å². The van der Waals surface area contributed by atoms with E-state index in [1.165, 1.54) is 36.0 Å². The van der Waals surface area contributed by atoms with E-state index in [9.17, 15) is 0 Å². The van der Waals surface area contributed by atoms with Crippen molar-refractivity contribution in [2.75, 3.05) is 20.6 Å². The molecule has 0 aromatic heterocycles. The molecule has 0 saturated heterocycles. The highest BCUT2D eigenvalue weighted by atomic mass is 15.1. The van der Waals surface area contributed by atoms with Crippen LogP contribution in [0.5, 0.6) is 0 Å². The highest BCUT2D eigenvalue weighted by Gasteiger charge is 2.30. The Balaban J connectivity index is 1.94. The molecule has 1 N–H and O–H groups in total. The summed E-state index contributed by atoms with van der Waals surface area (Å²) in [6.45, 7) is 7.91. The third kappa shape index (κ3) is 4.07. The van der Waals surface area contributed by atoms with Gasteiger partial charge in [0.1, 0.15) is 0 Å². The van der Waals surface area contributed by atoms with Crippen LogP contribution in [-0.2, 0) is 0 Å². The van der Waals surface area contributed by atoms with E-state index in [-0.39, 0.29) is 0 Å². The van der Waals surface area contributed by atoms with Gasteiger partial charge in [0.2, 0.25) is 0 Å². The van der Waals surface area contributed by atoms with Crippen molar-refractivity contribution in [2.24, 2.45) is 5.92 Å². The van der Waals surface area contributed by atoms with Crippen LogP contribution in [0.25, 0.3) is 0 Å². The first-order valence-corrected chi connectivity index (χ1v) is 7.97. The van der Waals surface area contributed by atoms with E-state index in [1.54, 1.807) is 0 Å². The molecule has 1 saturated carbocycles. The molecule has 0 radical (unpaired) electrons. The third-order valence-electron chi connectivity index (χ3n) is 4.76. The molecule has 1 aliphatic carbocycles. The average Bonchev–Trinajstić information content (AvgIpc) is 3.21. The van der Waals surface area contributed by atoms with Crippen LogP contribution in [0.4, 0.5) is 0 Å². The Kier molecular flexibility index (Phi) is 5.22. The molecule has 20 heavy (non-hydrogen) atoms. The number of aryl methyl sites for hydroxylation is 2. The van der Waals surface area contributed by atoms with E-state index in [0.29, 0.717) is 6.04 Å². The predicted molar refractivity (Wildman–Crippen MR) is 87.1 cm³/mol. The predicted octanol–water partition coefficient (Wildman–Crippen LogP) is 3.68. The minimum Gasteiger partial charge on any atom is -0.313 e. The van der Waals surface area contributed by atoms with Crippen molar-refractivity contribution >= 4 is 0 Å². The molecule has 2 rings (SSSR count). The topological polar surface area (TPSA) is 15.3 Å². The highest BCUT2D eigenvalue weighted by Crippen LogP contribution is 2.34.